The number of nitrogens with zero attached hydrogens (tertiary/aromatic N) is 1. The van der Waals surface area contributed by atoms with Gasteiger partial charge in [0, 0.05) is 0 Å². The summed E-state index contributed by atoms with van der Waals surface area (Å²) in [5.74, 6) is -0.906. The van der Waals surface area contributed by atoms with E-state index in [0.29, 0.717) is 18.9 Å². The average molecular weight is 273 g/mol. The molecule has 1 nitrogen and oxygen atoms in total. The van der Waals surface area contributed by atoms with Gasteiger partial charge in [0.15, 0.2) is 0 Å². The number of alkyl halides is 3. The SMILES string of the molecule is CCC(C#N)(CC)Cc1ccc(C(F)(F)F)cc1F. The normalized spacial score (nSPS) is 12.3. The molecule has 0 saturated carbocycles. The summed E-state index contributed by atoms with van der Waals surface area (Å²) >= 11 is 0. The number of hydrogen-bond donors (Lipinski definition) is 0. The quantitative estimate of drug-likeness (QED) is 0.728. The lowest BCUT2D eigenvalue weighted by Gasteiger charge is -2.23. The lowest BCUT2D eigenvalue weighted by molar-refractivity contribution is -0.137. The molecule has 1 aromatic rings. The standard InChI is InChI=1S/C14H15F4N/c1-3-13(4-2,9-19)8-10-5-6-11(7-12(10)15)14(16,17)18/h5-7H,3-4,8H2,1-2H3. The maximum absolute atomic E-state index is 13.7. The highest BCUT2D eigenvalue weighted by atomic mass is 19.4. The molecule has 0 saturated heterocycles. The van der Waals surface area contributed by atoms with E-state index in [1.165, 1.54) is 0 Å². The molecule has 0 aromatic heterocycles. The molecule has 104 valence electrons. The lowest BCUT2D eigenvalue weighted by atomic mass is 9.78. The van der Waals surface area contributed by atoms with Crippen LogP contribution in [0.3, 0.4) is 0 Å². The molecule has 1 aromatic carbocycles. The van der Waals surface area contributed by atoms with Gasteiger partial charge >= 0.3 is 6.18 Å². The molecular formula is C14H15F4N. The summed E-state index contributed by atoms with van der Waals surface area (Å²) < 4.78 is 51.0. The van der Waals surface area contributed by atoms with Crippen LogP contribution in [-0.2, 0) is 12.6 Å². The molecule has 0 fully saturated rings. The van der Waals surface area contributed by atoms with E-state index in [1.807, 2.05) is 13.8 Å². The largest absolute Gasteiger partial charge is 0.416 e. The van der Waals surface area contributed by atoms with Crippen LogP contribution in [0.4, 0.5) is 17.6 Å². The van der Waals surface area contributed by atoms with E-state index in [1.54, 1.807) is 0 Å². The molecule has 0 amide bonds. The van der Waals surface area contributed by atoms with E-state index in [4.69, 9.17) is 5.26 Å². The highest BCUT2D eigenvalue weighted by Gasteiger charge is 2.32. The minimum atomic E-state index is -4.55. The second-order valence-electron chi connectivity index (χ2n) is 4.58. The third-order valence-electron chi connectivity index (χ3n) is 3.50. The van der Waals surface area contributed by atoms with Gasteiger partial charge in [-0.2, -0.15) is 18.4 Å². The zero-order valence-corrected chi connectivity index (χ0v) is 10.8. The van der Waals surface area contributed by atoms with Gasteiger partial charge in [-0.3, -0.25) is 0 Å². The number of hydrogen-bond acceptors (Lipinski definition) is 1. The van der Waals surface area contributed by atoms with Crippen LogP contribution in [0.25, 0.3) is 0 Å². The van der Waals surface area contributed by atoms with Crippen molar-refractivity contribution in [1.82, 2.24) is 0 Å². The van der Waals surface area contributed by atoms with E-state index in [0.717, 1.165) is 12.1 Å². The third-order valence-corrected chi connectivity index (χ3v) is 3.50. The zero-order valence-electron chi connectivity index (χ0n) is 10.8. The van der Waals surface area contributed by atoms with Crippen molar-refractivity contribution in [2.75, 3.05) is 0 Å². The second-order valence-corrected chi connectivity index (χ2v) is 4.58. The topological polar surface area (TPSA) is 23.8 Å². The Balaban J connectivity index is 3.08. The van der Waals surface area contributed by atoms with Gasteiger partial charge in [-0.15, -0.1) is 0 Å². The highest BCUT2D eigenvalue weighted by Crippen LogP contribution is 2.34. The molecule has 0 unspecified atom stereocenters. The predicted octanol–water partition coefficient (Wildman–Crippen LogP) is 4.72. The van der Waals surface area contributed by atoms with Crippen LogP contribution in [0.5, 0.6) is 0 Å². The monoisotopic (exact) mass is 273 g/mol. The fourth-order valence-electron chi connectivity index (χ4n) is 1.93. The van der Waals surface area contributed by atoms with Gasteiger partial charge < -0.3 is 0 Å². The molecule has 19 heavy (non-hydrogen) atoms. The van der Waals surface area contributed by atoms with Crippen molar-refractivity contribution in [3.63, 3.8) is 0 Å². The maximum atomic E-state index is 13.7. The molecule has 0 N–H and O–H groups in total. The third kappa shape index (κ3) is 3.46. The maximum Gasteiger partial charge on any atom is 0.416 e. The Morgan fingerprint density at radius 2 is 1.74 bits per heavy atom. The van der Waals surface area contributed by atoms with Crippen LogP contribution >= 0.6 is 0 Å². The summed E-state index contributed by atoms with van der Waals surface area (Å²) in [6, 6.07) is 4.61. The van der Waals surface area contributed by atoms with Gasteiger partial charge in [-0.1, -0.05) is 19.9 Å². The first kappa shape index (κ1) is 15.5. The van der Waals surface area contributed by atoms with Crippen molar-refractivity contribution in [2.24, 2.45) is 5.41 Å². The van der Waals surface area contributed by atoms with Crippen molar-refractivity contribution in [2.45, 2.75) is 39.3 Å². The molecule has 5 heteroatoms. The molecule has 0 spiro atoms. The molecule has 1 rings (SSSR count). The first-order chi connectivity index (χ1) is 8.78. The Kier molecular flexibility index (Phi) is 4.56. The first-order valence-corrected chi connectivity index (χ1v) is 6.05. The van der Waals surface area contributed by atoms with Crippen LogP contribution in [0.1, 0.15) is 37.8 Å². The van der Waals surface area contributed by atoms with Gasteiger partial charge in [0.25, 0.3) is 0 Å². The highest BCUT2D eigenvalue weighted by molar-refractivity contribution is 5.28. The van der Waals surface area contributed by atoms with E-state index in [2.05, 4.69) is 6.07 Å². The number of benzene rings is 1. The first-order valence-electron chi connectivity index (χ1n) is 6.05. The number of nitriles is 1. The van der Waals surface area contributed by atoms with Crippen LogP contribution < -0.4 is 0 Å². The summed E-state index contributed by atoms with van der Waals surface area (Å²) in [6.45, 7) is 3.63. The van der Waals surface area contributed by atoms with Crippen LogP contribution in [0.2, 0.25) is 0 Å². The van der Waals surface area contributed by atoms with Gasteiger partial charge in [0.2, 0.25) is 0 Å². The summed E-state index contributed by atoms with van der Waals surface area (Å²) in [7, 11) is 0. The molecule has 0 bridgehead atoms. The summed E-state index contributed by atoms with van der Waals surface area (Å²) in [4.78, 5) is 0. The van der Waals surface area contributed by atoms with E-state index >= 15 is 0 Å². The predicted molar refractivity (Wildman–Crippen MR) is 63.7 cm³/mol. The smallest absolute Gasteiger partial charge is 0.207 e. The minimum absolute atomic E-state index is 0.125. The van der Waals surface area contributed by atoms with E-state index < -0.39 is 23.0 Å². The molecule has 0 aliphatic heterocycles. The van der Waals surface area contributed by atoms with Gasteiger partial charge in [0.05, 0.1) is 17.0 Å². The van der Waals surface area contributed by atoms with Gasteiger partial charge in [-0.25, -0.2) is 4.39 Å². The lowest BCUT2D eigenvalue weighted by Crippen LogP contribution is -2.20. The Morgan fingerprint density at radius 3 is 2.11 bits per heavy atom. The number of halogens is 4. The van der Waals surface area contributed by atoms with Crippen LogP contribution in [0, 0.1) is 22.6 Å². The van der Waals surface area contributed by atoms with Gasteiger partial charge in [0.1, 0.15) is 5.82 Å². The number of rotatable bonds is 4. The molecule has 0 heterocycles. The second kappa shape index (κ2) is 5.60. The van der Waals surface area contributed by atoms with E-state index in [9.17, 15) is 17.6 Å². The fourth-order valence-corrected chi connectivity index (χ4v) is 1.93. The molecule has 0 aliphatic rings. The molecule has 0 atom stereocenters. The van der Waals surface area contributed by atoms with Gasteiger partial charge in [-0.05, 0) is 37.0 Å². The molecule has 0 aliphatic carbocycles. The van der Waals surface area contributed by atoms with Crippen molar-refractivity contribution >= 4 is 0 Å². The Labute approximate surface area is 109 Å². The van der Waals surface area contributed by atoms with Crippen LogP contribution in [0.15, 0.2) is 18.2 Å². The summed E-state index contributed by atoms with van der Waals surface area (Å²) in [5.41, 5.74) is -1.58. The average Bonchev–Trinajstić information content (AvgIpc) is 2.37. The Bertz CT molecular complexity index is 481. The van der Waals surface area contributed by atoms with Crippen molar-refractivity contribution in [3.8, 4) is 6.07 Å². The van der Waals surface area contributed by atoms with Crippen molar-refractivity contribution in [1.29, 1.82) is 5.26 Å². The summed E-state index contributed by atoms with van der Waals surface area (Å²) in [5, 5.41) is 9.16. The summed E-state index contributed by atoms with van der Waals surface area (Å²) in [6.07, 6.45) is -3.37. The van der Waals surface area contributed by atoms with Crippen LogP contribution in [-0.4, -0.2) is 0 Å². The Hall–Kier alpha value is -1.57. The molecular weight excluding hydrogens is 258 g/mol. The van der Waals surface area contributed by atoms with Crippen molar-refractivity contribution < 1.29 is 17.6 Å². The fraction of sp³-hybridized carbons (Fsp3) is 0.500. The van der Waals surface area contributed by atoms with Crippen molar-refractivity contribution in [3.05, 3.63) is 35.1 Å². The Morgan fingerprint density at radius 1 is 1.16 bits per heavy atom. The minimum Gasteiger partial charge on any atom is -0.207 e. The zero-order chi connectivity index (χ0) is 14.7. The molecule has 0 radical (unpaired) electrons. The van der Waals surface area contributed by atoms with E-state index in [-0.39, 0.29) is 12.0 Å².